The van der Waals surface area contributed by atoms with Gasteiger partial charge in [-0.25, -0.2) is 4.39 Å². The zero-order valence-corrected chi connectivity index (χ0v) is 9.94. The molecule has 92 valence electrons. The Bertz CT molecular complexity index is 355. The van der Waals surface area contributed by atoms with Gasteiger partial charge < -0.3 is 4.74 Å². The number of rotatable bonds is 4. The highest BCUT2D eigenvalue weighted by Crippen LogP contribution is 2.19. The van der Waals surface area contributed by atoms with Gasteiger partial charge in [0.1, 0.15) is 17.7 Å². The first kappa shape index (κ1) is 12.1. The lowest BCUT2D eigenvalue weighted by molar-refractivity contribution is 0.107. The fourth-order valence-corrected chi connectivity index (χ4v) is 2.10. The van der Waals surface area contributed by atoms with Crippen LogP contribution >= 0.6 is 0 Å². The Morgan fingerprint density at radius 2 is 1.94 bits per heavy atom. The van der Waals surface area contributed by atoms with Gasteiger partial charge in [0.2, 0.25) is 0 Å². The number of ether oxygens (including phenoxy) is 1. The van der Waals surface area contributed by atoms with Crippen LogP contribution in [0.25, 0.3) is 0 Å². The van der Waals surface area contributed by atoms with E-state index < -0.39 is 0 Å². The number of nitrogens with zero attached hydrogens (tertiary/aromatic N) is 1. The molecular weight excluding hydrogens is 217 g/mol. The molecule has 0 aromatic heterocycles. The van der Waals surface area contributed by atoms with Crippen molar-refractivity contribution in [2.24, 2.45) is 0 Å². The highest BCUT2D eigenvalue weighted by molar-refractivity contribution is 5.22. The summed E-state index contributed by atoms with van der Waals surface area (Å²) in [6.45, 7) is 6.77. The Morgan fingerprint density at radius 1 is 1.29 bits per heavy atom. The Hall–Kier alpha value is -1.35. The van der Waals surface area contributed by atoms with Crippen molar-refractivity contribution in [1.29, 1.82) is 0 Å². The van der Waals surface area contributed by atoms with Crippen molar-refractivity contribution in [1.82, 2.24) is 4.90 Å². The minimum atomic E-state index is -0.224. The first-order valence-electron chi connectivity index (χ1n) is 6.03. The predicted octanol–water partition coefficient (Wildman–Crippen LogP) is 2.85. The van der Waals surface area contributed by atoms with Gasteiger partial charge in [-0.3, -0.25) is 4.90 Å². The van der Waals surface area contributed by atoms with E-state index in [1.165, 1.54) is 12.1 Å². The second-order valence-electron chi connectivity index (χ2n) is 4.36. The maximum atomic E-state index is 12.7. The van der Waals surface area contributed by atoms with Crippen LogP contribution in [0, 0.1) is 5.82 Å². The number of piperidine rings is 1. The lowest BCUT2D eigenvalue weighted by Gasteiger charge is -2.31. The van der Waals surface area contributed by atoms with E-state index in [0.29, 0.717) is 0 Å². The molecule has 2 rings (SSSR count). The van der Waals surface area contributed by atoms with E-state index in [1.54, 1.807) is 12.1 Å². The van der Waals surface area contributed by atoms with Gasteiger partial charge >= 0.3 is 0 Å². The molecule has 0 unspecified atom stereocenters. The van der Waals surface area contributed by atoms with E-state index in [4.69, 9.17) is 4.74 Å². The molecule has 0 bridgehead atoms. The summed E-state index contributed by atoms with van der Waals surface area (Å²) in [5.74, 6) is 0.534. The summed E-state index contributed by atoms with van der Waals surface area (Å²) in [5, 5.41) is 0. The predicted molar refractivity (Wildman–Crippen MR) is 66.7 cm³/mol. The molecule has 1 aromatic rings. The van der Waals surface area contributed by atoms with Crippen LogP contribution in [-0.2, 0) is 0 Å². The molecule has 0 spiro atoms. The molecule has 17 heavy (non-hydrogen) atoms. The van der Waals surface area contributed by atoms with E-state index in [2.05, 4.69) is 11.5 Å². The number of benzene rings is 1. The van der Waals surface area contributed by atoms with E-state index in [-0.39, 0.29) is 11.9 Å². The molecule has 0 N–H and O–H groups in total. The Labute approximate surface area is 102 Å². The fraction of sp³-hybridized carbons (Fsp3) is 0.429. The Balaban J connectivity index is 1.81. The first-order valence-corrected chi connectivity index (χ1v) is 6.03. The second-order valence-corrected chi connectivity index (χ2v) is 4.36. The quantitative estimate of drug-likeness (QED) is 0.744. The van der Waals surface area contributed by atoms with E-state index in [1.807, 2.05) is 6.08 Å². The SMILES string of the molecule is C=CCN1CCC(Oc2ccc(F)cc2)CC1. The highest BCUT2D eigenvalue weighted by atomic mass is 19.1. The molecule has 1 aliphatic heterocycles. The molecule has 1 aliphatic rings. The largest absolute Gasteiger partial charge is 0.490 e. The normalized spacial score (nSPS) is 17.9. The van der Waals surface area contributed by atoms with Crippen LogP contribution in [-0.4, -0.2) is 30.6 Å². The minimum absolute atomic E-state index is 0.224. The summed E-state index contributed by atoms with van der Waals surface area (Å²) in [4.78, 5) is 2.36. The van der Waals surface area contributed by atoms with Crippen molar-refractivity contribution in [2.75, 3.05) is 19.6 Å². The van der Waals surface area contributed by atoms with E-state index >= 15 is 0 Å². The molecule has 1 fully saturated rings. The van der Waals surface area contributed by atoms with Gasteiger partial charge in [0.15, 0.2) is 0 Å². The van der Waals surface area contributed by atoms with Crippen molar-refractivity contribution < 1.29 is 9.13 Å². The summed E-state index contributed by atoms with van der Waals surface area (Å²) in [5.41, 5.74) is 0. The van der Waals surface area contributed by atoms with Gasteiger partial charge in [0.05, 0.1) is 0 Å². The molecule has 1 aromatic carbocycles. The Kier molecular flexibility index (Phi) is 4.15. The standard InChI is InChI=1S/C14H18FNO/c1-2-9-16-10-7-14(8-11-16)17-13-5-3-12(15)4-6-13/h2-6,14H,1,7-11H2. The molecule has 0 amide bonds. The summed E-state index contributed by atoms with van der Waals surface area (Å²) in [6.07, 6.45) is 4.22. The molecule has 0 saturated carbocycles. The van der Waals surface area contributed by atoms with Gasteiger partial charge in [-0.05, 0) is 37.1 Å². The van der Waals surface area contributed by atoms with E-state index in [0.717, 1.165) is 38.2 Å². The molecule has 0 atom stereocenters. The lowest BCUT2D eigenvalue weighted by Crippen LogP contribution is -2.38. The first-order chi connectivity index (χ1) is 8.28. The molecule has 2 nitrogen and oxygen atoms in total. The number of halogens is 1. The van der Waals surface area contributed by atoms with Crippen LogP contribution in [0.4, 0.5) is 4.39 Å². The minimum Gasteiger partial charge on any atom is -0.490 e. The van der Waals surface area contributed by atoms with E-state index in [9.17, 15) is 4.39 Å². The summed E-state index contributed by atoms with van der Waals surface area (Å²) >= 11 is 0. The smallest absolute Gasteiger partial charge is 0.123 e. The van der Waals surface area contributed by atoms with Gasteiger partial charge in [-0.2, -0.15) is 0 Å². The highest BCUT2D eigenvalue weighted by Gasteiger charge is 2.19. The van der Waals surface area contributed by atoms with Crippen molar-refractivity contribution >= 4 is 0 Å². The fourth-order valence-electron chi connectivity index (χ4n) is 2.10. The van der Waals surface area contributed by atoms with Crippen LogP contribution in [0.1, 0.15) is 12.8 Å². The van der Waals surface area contributed by atoms with Gasteiger partial charge in [-0.1, -0.05) is 6.08 Å². The molecule has 3 heteroatoms. The van der Waals surface area contributed by atoms with Gasteiger partial charge in [0.25, 0.3) is 0 Å². The monoisotopic (exact) mass is 235 g/mol. The van der Waals surface area contributed by atoms with Crippen molar-refractivity contribution in [3.8, 4) is 5.75 Å². The average Bonchev–Trinajstić information content (AvgIpc) is 2.35. The second kappa shape index (κ2) is 5.82. The zero-order valence-electron chi connectivity index (χ0n) is 9.94. The van der Waals surface area contributed by atoms with Crippen LogP contribution in [0.3, 0.4) is 0 Å². The third-order valence-electron chi connectivity index (χ3n) is 3.04. The van der Waals surface area contributed by atoms with Crippen LogP contribution in [0.5, 0.6) is 5.75 Å². The van der Waals surface area contributed by atoms with Gasteiger partial charge in [-0.15, -0.1) is 6.58 Å². The summed E-state index contributed by atoms with van der Waals surface area (Å²) in [7, 11) is 0. The lowest BCUT2D eigenvalue weighted by atomic mass is 10.1. The molecule has 0 radical (unpaired) electrons. The maximum Gasteiger partial charge on any atom is 0.123 e. The summed E-state index contributed by atoms with van der Waals surface area (Å²) in [6, 6.07) is 6.24. The number of hydrogen-bond donors (Lipinski definition) is 0. The topological polar surface area (TPSA) is 12.5 Å². The number of likely N-dealkylation sites (tertiary alicyclic amines) is 1. The summed E-state index contributed by atoms with van der Waals surface area (Å²) < 4.78 is 18.5. The third-order valence-corrected chi connectivity index (χ3v) is 3.04. The third kappa shape index (κ3) is 3.56. The van der Waals surface area contributed by atoms with Crippen molar-refractivity contribution in [3.63, 3.8) is 0 Å². The molecular formula is C14H18FNO. The molecule has 0 aliphatic carbocycles. The molecule has 1 saturated heterocycles. The maximum absolute atomic E-state index is 12.7. The van der Waals surface area contributed by atoms with Crippen LogP contribution < -0.4 is 4.74 Å². The van der Waals surface area contributed by atoms with Gasteiger partial charge in [0, 0.05) is 19.6 Å². The average molecular weight is 235 g/mol. The van der Waals surface area contributed by atoms with Crippen LogP contribution in [0.15, 0.2) is 36.9 Å². The van der Waals surface area contributed by atoms with Crippen molar-refractivity contribution in [3.05, 3.63) is 42.7 Å². The van der Waals surface area contributed by atoms with Crippen molar-refractivity contribution in [2.45, 2.75) is 18.9 Å². The molecule has 1 heterocycles. The Morgan fingerprint density at radius 3 is 2.53 bits per heavy atom. The zero-order chi connectivity index (χ0) is 12.1. The van der Waals surface area contributed by atoms with Crippen LogP contribution in [0.2, 0.25) is 0 Å². The number of hydrogen-bond acceptors (Lipinski definition) is 2.